The lowest BCUT2D eigenvalue weighted by molar-refractivity contribution is -0.139. The standard InChI is InChI=1S/C28H31N3O4/c1-20(2)26(29-25(32)19-35-22-11-4-3-5-12-22)28(34)31-17-15-30(16-18-31)27(33)24-14-8-10-21-9-6-7-13-23(21)24/h3-14,20,26H,15-19H2,1-2H3,(H,29,32). The number of nitrogens with one attached hydrogen (secondary N) is 1. The summed E-state index contributed by atoms with van der Waals surface area (Å²) in [5, 5.41) is 4.78. The van der Waals surface area contributed by atoms with E-state index in [0.717, 1.165) is 10.8 Å². The van der Waals surface area contributed by atoms with Gasteiger partial charge in [-0.05, 0) is 34.9 Å². The van der Waals surface area contributed by atoms with Crippen LogP contribution < -0.4 is 10.1 Å². The van der Waals surface area contributed by atoms with Gasteiger partial charge in [-0.1, -0.05) is 68.4 Å². The van der Waals surface area contributed by atoms with Gasteiger partial charge in [0.05, 0.1) is 0 Å². The van der Waals surface area contributed by atoms with Gasteiger partial charge in [-0.3, -0.25) is 14.4 Å². The minimum Gasteiger partial charge on any atom is -0.484 e. The van der Waals surface area contributed by atoms with Gasteiger partial charge in [-0.25, -0.2) is 0 Å². The molecule has 0 radical (unpaired) electrons. The maximum absolute atomic E-state index is 13.2. The average molecular weight is 474 g/mol. The summed E-state index contributed by atoms with van der Waals surface area (Å²) in [4.78, 5) is 42.4. The molecular formula is C28H31N3O4. The van der Waals surface area contributed by atoms with E-state index >= 15 is 0 Å². The van der Waals surface area contributed by atoms with Crippen molar-refractivity contribution in [2.24, 2.45) is 5.92 Å². The van der Waals surface area contributed by atoms with Crippen molar-refractivity contribution in [1.29, 1.82) is 0 Å². The summed E-state index contributed by atoms with van der Waals surface area (Å²) in [6.07, 6.45) is 0. The lowest BCUT2D eigenvalue weighted by Gasteiger charge is -2.37. The van der Waals surface area contributed by atoms with Crippen molar-refractivity contribution < 1.29 is 19.1 Å². The van der Waals surface area contributed by atoms with E-state index in [-0.39, 0.29) is 30.2 Å². The molecule has 1 heterocycles. The Morgan fingerprint density at radius 1 is 0.829 bits per heavy atom. The Morgan fingerprint density at radius 3 is 2.17 bits per heavy atom. The number of rotatable bonds is 7. The summed E-state index contributed by atoms with van der Waals surface area (Å²) in [5.41, 5.74) is 0.675. The van der Waals surface area contributed by atoms with Gasteiger partial charge < -0.3 is 19.9 Å². The summed E-state index contributed by atoms with van der Waals surface area (Å²) in [5.74, 6) is 0.0113. The van der Waals surface area contributed by atoms with Crippen molar-refractivity contribution in [3.8, 4) is 5.75 Å². The van der Waals surface area contributed by atoms with E-state index in [2.05, 4.69) is 5.32 Å². The van der Waals surface area contributed by atoms with E-state index in [0.29, 0.717) is 37.5 Å². The van der Waals surface area contributed by atoms with Crippen LogP contribution in [0.25, 0.3) is 10.8 Å². The number of hydrogen-bond acceptors (Lipinski definition) is 4. The van der Waals surface area contributed by atoms with E-state index in [9.17, 15) is 14.4 Å². The molecule has 0 spiro atoms. The van der Waals surface area contributed by atoms with Gasteiger partial charge in [0.25, 0.3) is 11.8 Å². The first-order chi connectivity index (χ1) is 16.9. The minimum atomic E-state index is -0.651. The molecule has 7 nitrogen and oxygen atoms in total. The molecule has 7 heteroatoms. The van der Waals surface area contributed by atoms with Gasteiger partial charge in [0.2, 0.25) is 5.91 Å². The van der Waals surface area contributed by atoms with Gasteiger partial charge in [-0.15, -0.1) is 0 Å². The molecule has 1 saturated heterocycles. The number of para-hydroxylation sites is 1. The number of piperazine rings is 1. The summed E-state index contributed by atoms with van der Waals surface area (Å²) in [7, 11) is 0. The predicted molar refractivity (Wildman–Crippen MR) is 135 cm³/mol. The lowest BCUT2D eigenvalue weighted by Crippen LogP contribution is -2.57. The van der Waals surface area contributed by atoms with Crippen molar-refractivity contribution in [2.75, 3.05) is 32.8 Å². The zero-order valence-corrected chi connectivity index (χ0v) is 20.1. The van der Waals surface area contributed by atoms with Crippen LogP contribution >= 0.6 is 0 Å². The molecule has 1 unspecified atom stereocenters. The maximum atomic E-state index is 13.2. The van der Waals surface area contributed by atoms with Crippen molar-refractivity contribution in [1.82, 2.24) is 15.1 Å². The first-order valence-electron chi connectivity index (χ1n) is 12.0. The quantitative estimate of drug-likeness (QED) is 0.571. The van der Waals surface area contributed by atoms with Gasteiger partial charge >= 0.3 is 0 Å². The van der Waals surface area contributed by atoms with E-state index in [1.54, 1.807) is 21.9 Å². The van der Waals surface area contributed by atoms with Crippen LogP contribution in [0.5, 0.6) is 5.75 Å². The first kappa shape index (κ1) is 24.3. The minimum absolute atomic E-state index is 0.0272. The number of carbonyl (C=O) groups excluding carboxylic acids is 3. The normalized spacial score (nSPS) is 14.6. The third-order valence-electron chi connectivity index (χ3n) is 6.26. The third kappa shape index (κ3) is 5.80. The Kier molecular flexibility index (Phi) is 7.65. The largest absolute Gasteiger partial charge is 0.484 e. The van der Waals surface area contributed by atoms with Crippen molar-refractivity contribution in [2.45, 2.75) is 19.9 Å². The number of benzene rings is 3. The fourth-order valence-electron chi connectivity index (χ4n) is 4.30. The zero-order valence-electron chi connectivity index (χ0n) is 20.1. The summed E-state index contributed by atoms with van der Waals surface area (Å²) in [6, 6.07) is 22.0. The molecule has 1 aliphatic heterocycles. The smallest absolute Gasteiger partial charge is 0.258 e. The first-order valence-corrected chi connectivity index (χ1v) is 12.0. The molecule has 35 heavy (non-hydrogen) atoms. The van der Waals surface area contributed by atoms with Crippen LogP contribution in [-0.4, -0.2) is 66.3 Å². The maximum Gasteiger partial charge on any atom is 0.258 e. The molecule has 0 bridgehead atoms. The molecule has 1 aliphatic rings. The molecule has 3 aromatic rings. The molecule has 3 amide bonds. The molecule has 0 aromatic heterocycles. The van der Waals surface area contributed by atoms with E-state index in [1.807, 2.05) is 74.5 Å². The van der Waals surface area contributed by atoms with E-state index in [1.165, 1.54) is 0 Å². The highest BCUT2D eigenvalue weighted by Crippen LogP contribution is 2.21. The van der Waals surface area contributed by atoms with Gasteiger partial charge in [-0.2, -0.15) is 0 Å². The van der Waals surface area contributed by atoms with E-state index in [4.69, 9.17) is 4.74 Å². The number of nitrogens with zero attached hydrogens (tertiary/aromatic N) is 2. The van der Waals surface area contributed by atoms with Crippen LogP contribution in [0.15, 0.2) is 72.8 Å². The second kappa shape index (κ2) is 11.0. The molecular weight excluding hydrogens is 442 g/mol. The molecule has 182 valence electrons. The zero-order chi connectivity index (χ0) is 24.8. The van der Waals surface area contributed by atoms with Gasteiger partial charge in [0, 0.05) is 31.7 Å². The van der Waals surface area contributed by atoms with Crippen LogP contribution in [0.2, 0.25) is 0 Å². The predicted octanol–water partition coefficient (Wildman–Crippen LogP) is 3.34. The molecule has 3 aromatic carbocycles. The SMILES string of the molecule is CC(C)C(NC(=O)COc1ccccc1)C(=O)N1CCN(C(=O)c2cccc3ccccc23)CC1. The summed E-state index contributed by atoms with van der Waals surface area (Å²) >= 11 is 0. The fourth-order valence-corrected chi connectivity index (χ4v) is 4.30. The molecule has 1 N–H and O–H groups in total. The lowest BCUT2D eigenvalue weighted by atomic mass is 10.0. The number of ether oxygens (including phenoxy) is 1. The Labute approximate surface area is 205 Å². The second-order valence-electron chi connectivity index (χ2n) is 9.04. The highest BCUT2D eigenvalue weighted by atomic mass is 16.5. The highest BCUT2D eigenvalue weighted by Gasteiger charge is 2.32. The molecule has 0 saturated carbocycles. The van der Waals surface area contributed by atoms with Gasteiger partial charge in [0.15, 0.2) is 6.61 Å². The second-order valence-corrected chi connectivity index (χ2v) is 9.04. The third-order valence-corrected chi connectivity index (χ3v) is 6.26. The van der Waals surface area contributed by atoms with Crippen molar-refractivity contribution in [3.63, 3.8) is 0 Å². The molecule has 1 fully saturated rings. The Hall–Kier alpha value is -3.87. The molecule has 1 atom stereocenters. The number of fused-ring (bicyclic) bond motifs is 1. The van der Waals surface area contributed by atoms with Crippen LogP contribution in [0.4, 0.5) is 0 Å². The monoisotopic (exact) mass is 473 g/mol. The summed E-state index contributed by atoms with van der Waals surface area (Å²) in [6.45, 7) is 5.40. The fraction of sp³-hybridized carbons (Fsp3) is 0.321. The number of amides is 3. The molecule has 4 rings (SSSR count). The Morgan fingerprint density at radius 2 is 1.46 bits per heavy atom. The van der Waals surface area contributed by atoms with E-state index < -0.39 is 6.04 Å². The van der Waals surface area contributed by atoms with Crippen molar-refractivity contribution >= 4 is 28.5 Å². The number of carbonyl (C=O) groups is 3. The van der Waals surface area contributed by atoms with Crippen molar-refractivity contribution in [3.05, 3.63) is 78.4 Å². The van der Waals surface area contributed by atoms with Crippen LogP contribution in [0, 0.1) is 5.92 Å². The Balaban J connectivity index is 1.34. The topological polar surface area (TPSA) is 79.0 Å². The van der Waals surface area contributed by atoms with Crippen LogP contribution in [-0.2, 0) is 9.59 Å². The Bertz CT molecular complexity index is 1180. The number of hydrogen-bond donors (Lipinski definition) is 1. The molecule has 0 aliphatic carbocycles. The summed E-state index contributed by atoms with van der Waals surface area (Å²) < 4.78 is 5.51. The van der Waals surface area contributed by atoms with Crippen LogP contribution in [0.1, 0.15) is 24.2 Å². The highest BCUT2D eigenvalue weighted by molar-refractivity contribution is 6.07. The van der Waals surface area contributed by atoms with Crippen LogP contribution in [0.3, 0.4) is 0 Å². The van der Waals surface area contributed by atoms with Gasteiger partial charge in [0.1, 0.15) is 11.8 Å². The average Bonchev–Trinajstić information content (AvgIpc) is 2.90.